The van der Waals surface area contributed by atoms with Crippen LogP contribution in [0.1, 0.15) is 27.6 Å². The SMILES string of the molecule is Cc1cc(F)cc(C)c1C(Cl)c1cc(F)ccc1Br. The molecule has 2 aromatic rings. The van der Waals surface area contributed by atoms with Gasteiger partial charge in [-0.25, -0.2) is 8.78 Å². The minimum Gasteiger partial charge on any atom is -0.207 e. The monoisotopic (exact) mass is 344 g/mol. The Morgan fingerprint density at radius 2 is 1.58 bits per heavy atom. The minimum atomic E-state index is -0.523. The molecule has 0 aromatic heterocycles. The van der Waals surface area contributed by atoms with Crippen LogP contribution >= 0.6 is 27.5 Å². The summed E-state index contributed by atoms with van der Waals surface area (Å²) in [5.41, 5.74) is 2.97. The van der Waals surface area contributed by atoms with Gasteiger partial charge < -0.3 is 0 Å². The highest BCUT2D eigenvalue weighted by Gasteiger charge is 2.19. The number of hydrogen-bond donors (Lipinski definition) is 0. The third-order valence-electron chi connectivity index (χ3n) is 3.04. The summed E-state index contributed by atoms with van der Waals surface area (Å²) in [6.45, 7) is 3.60. The molecule has 0 aliphatic heterocycles. The van der Waals surface area contributed by atoms with E-state index in [9.17, 15) is 8.78 Å². The quantitative estimate of drug-likeness (QED) is 0.615. The van der Waals surface area contributed by atoms with Crippen LogP contribution in [0.3, 0.4) is 0 Å². The molecule has 4 heteroatoms. The molecule has 19 heavy (non-hydrogen) atoms. The van der Waals surface area contributed by atoms with Crippen LogP contribution in [0.15, 0.2) is 34.8 Å². The number of alkyl halides is 1. The molecule has 0 saturated carbocycles. The number of hydrogen-bond acceptors (Lipinski definition) is 0. The first-order valence-electron chi connectivity index (χ1n) is 5.76. The average molecular weight is 346 g/mol. The van der Waals surface area contributed by atoms with Crippen molar-refractivity contribution in [1.82, 2.24) is 0 Å². The molecule has 0 N–H and O–H groups in total. The zero-order chi connectivity index (χ0) is 14.2. The fourth-order valence-corrected chi connectivity index (χ4v) is 3.32. The van der Waals surface area contributed by atoms with Gasteiger partial charge in [-0.05, 0) is 66.4 Å². The maximum Gasteiger partial charge on any atom is 0.123 e. The summed E-state index contributed by atoms with van der Waals surface area (Å²) in [6, 6.07) is 7.25. The molecule has 100 valence electrons. The molecule has 0 radical (unpaired) electrons. The Morgan fingerprint density at radius 3 is 2.16 bits per heavy atom. The molecule has 0 nitrogen and oxygen atoms in total. The van der Waals surface area contributed by atoms with Gasteiger partial charge >= 0.3 is 0 Å². The second kappa shape index (κ2) is 5.59. The van der Waals surface area contributed by atoms with Gasteiger partial charge in [-0.3, -0.25) is 0 Å². The molecule has 0 saturated heterocycles. The Bertz CT molecular complexity index is 603. The van der Waals surface area contributed by atoms with Gasteiger partial charge in [0.15, 0.2) is 0 Å². The summed E-state index contributed by atoms with van der Waals surface area (Å²) in [5.74, 6) is -0.637. The predicted molar refractivity (Wildman–Crippen MR) is 77.7 cm³/mol. The van der Waals surface area contributed by atoms with Crippen LogP contribution in [-0.2, 0) is 0 Å². The highest BCUT2D eigenvalue weighted by atomic mass is 79.9. The van der Waals surface area contributed by atoms with E-state index in [1.165, 1.54) is 24.3 Å². The predicted octanol–water partition coefficient (Wildman–Crippen LogP) is 5.67. The van der Waals surface area contributed by atoms with Crippen LogP contribution in [0.5, 0.6) is 0 Å². The van der Waals surface area contributed by atoms with Crippen molar-refractivity contribution in [3.63, 3.8) is 0 Å². The first kappa shape index (κ1) is 14.5. The summed E-state index contributed by atoms with van der Waals surface area (Å²) in [7, 11) is 0. The fraction of sp³-hybridized carbons (Fsp3) is 0.200. The van der Waals surface area contributed by atoms with E-state index in [1.54, 1.807) is 19.9 Å². The van der Waals surface area contributed by atoms with Crippen LogP contribution in [0.2, 0.25) is 0 Å². The van der Waals surface area contributed by atoms with Crippen LogP contribution in [0.25, 0.3) is 0 Å². The second-order valence-electron chi connectivity index (χ2n) is 4.48. The third-order valence-corrected chi connectivity index (χ3v) is 4.22. The maximum absolute atomic E-state index is 13.3. The van der Waals surface area contributed by atoms with Crippen molar-refractivity contribution in [3.8, 4) is 0 Å². The zero-order valence-electron chi connectivity index (χ0n) is 10.5. The molecule has 1 unspecified atom stereocenters. The van der Waals surface area contributed by atoms with Crippen molar-refractivity contribution in [2.75, 3.05) is 0 Å². The maximum atomic E-state index is 13.3. The fourth-order valence-electron chi connectivity index (χ4n) is 2.19. The average Bonchev–Trinajstić information content (AvgIpc) is 2.30. The van der Waals surface area contributed by atoms with Gasteiger partial charge in [-0.15, -0.1) is 11.6 Å². The lowest BCUT2D eigenvalue weighted by atomic mass is 9.95. The van der Waals surface area contributed by atoms with E-state index in [1.807, 2.05) is 0 Å². The molecule has 0 fully saturated rings. The van der Waals surface area contributed by atoms with Crippen molar-refractivity contribution in [1.29, 1.82) is 0 Å². The number of benzene rings is 2. The summed E-state index contributed by atoms with van der Waals surface area (Å²) < 4.78 is 27.4. The smallest absolute Gasteiger partial charge is 0.123 e. The molecule has 0 heterocycles. The Labute approximate surface area is 124 Å². The Morgan fingerprint density at radius 1 is 1.00 bits per heavy atom. The summed E-state index contributed by atoms with van der Waals surface area (Å²) >= 11 is 9.82. The summed E-state index contributed by atoms with van der Waals surface area (Å²) in [6.07, 6.45) is 0. The van der Waals surface area contributed by atoms with Gasteiger partial charge in [0.05, 0.1) is 5.38 Å². The number of rotatable bonds is 2. The van der Waals surface area contributed by atoms with Crippen LogP contribution in [-0.4, -0.2) is 0 Å². The normalized spacial score (nSPS) is 12.5. The van der Waals surface area contributed by atoms with Crippen LogP contribution in [0.4, 0.5) is 8.78 Å². The van der Waals surface area contributed by atoms with Gasteiger partial charge in [0.1, 0.15) is 11.6 Å². The molecule has 0 aliphatic rings. The van der Waals surface area contributed by atoms with E-state index in [0.29, 0.717) is 5.56 Å². The Kier molecular flexibility index (Phi) is 4.26. The van der Waals surface area contributed by atoms with E-state index in [-0.39, 0.29) is 11.6 Å². The van der Waals surface area contributed by atoms with Crippen molar-refractivity contribution < 1.29 is 8.78 Å². The second-order valence-corrected chi connectivity index (χ2v) is 5.77. The molecule has 0 spiro atoms. The largest absolute Gasteiger partial charge is 0.207 e. The van der Waals surface area contributed by atoms with Crippen molar-refractivity contribution in [2.45, 2.75) is 19.2 Å². The summed E-state index contributed by atoms with van der Waals surface area (Å²) in [5, 5.41) is -0.523. The van der Waals surface area contributed by atoms with Crippen LogP contribution < -0.4 is 0 Å². The Balaban J connectivity index is 2.56. The molecule has 2 aromatic carbocycles. The van der Waals surface area contributed by atoms with Gasteiger partial charge in [-0.2, -0.15) is 0 Å². The van der Waals surface area contributed by atoms with E-state index in [0.717, 1.165) is 21.2 Å². The van der Waals surface area contributed by atoms with Crippen molar-refractivity contribution in [2.24, 2.45) is 0 Å². The molecule has 0 bridgehead atoms. The molecule has 1 atom stereocenters. The molecule has 0 aliphatic carbocycles. The van der Waals surface area contributed by atoms with Gasteiger partial charge in [0.2, 0.25) is 0 Å². The summed E-state index contributed by atoms with van der Waals surface area (Å²) in [4.78, 5) is 0. The van der Waals surface area contributed by atoms with Gasteiger partial charge in [-0.1, -0.05) is 15.9 Å². The third kappa shape index (κ3) is 2.98. The van der Waals surface area contributed by atoms with Gasteiger partial charge in [0, 0.05) is 4.47 Å². The zero-order valence-corrected chi connectivity index (χ0v) is 12.8. The molecule has 0 amide bonds. The van der Waals surface area contributed by atoms with Crippen LogP contribution in [0, 0.1) is 25.5 Å². The molecule has 2 rings (SSSR count). The minimum absolute atomic E-state index is 0.291. The standard InChI is InChI=1S/C15H12BrClF2/c1-8-5-11(19)6-9(2)14(8)15(17)12-7-10(18)3-4-13(12)16/h3-7,15H,1-2H3. The van der Waals surface area contributed by atoms with Gasteiger partial charge in [0.25, 0.3) is 0 Å². The number of halogens is 4. The van der Waals surface area contributed by atoms with E-state index >= 15 is 0 Å². The molecular weight excluding hydrogens is 334 g/mol. The van der Waals surface area contributed by atoms with Crippen molar-refractivity contribution >= 4 is 27.5 Å². The van der Waals surface area contributed by atoms with Crippen molar-refractivity contribution in [3.05, 3.63) is 68.7 Å². The lowest BCUT2D eigenvalue weighted by molar-refractivity contribution is 0.622. The highest BCUT2D eigenvalue weighted by molar-refractivity contribution is 9.10. The highest BCUT2D eigenvalue weighted by Crippen LogP contribution is 2.37. The lowest BCUT2D eigenvalue weighted by Gasteiger charge is -2.17. The lowest BCUT2D eigenvalue weighted by Crippen LogP contribution is -2.02. The van der Waals surface area contributed by atoms with E-state index < -0.39 is 5.38 Å². The molecular formula is C15H12BrClF2. The Hall–Kier alpha value is -0.930. The van der Waals surface area contributed by atoms with E-state index in [4.69, 9.17) is 11.6 Å². The first-order valence-corrected chi connectivity index (χ1v) is 6.98. The topological polar surface area (TPSA) is 0 Å². The first-order chi connectivity index (χ1) is 8.90. The number of aryl methyl sites for hydroxylation is 2. The van der Waals surface area contributed by atoms with E-state index in [2.05, 4.69) is 15.9 Å².